The summed E-state index contributed by atoms with van der Waals surface area (Å²) in [5, 5.41) is 1.08. The van der Waals surface area contributed by atoms with E-state index in [1.807, 2.05) is 41.0 Å². The van der Waals surface area contributed by atoms with E-state index >= 15 is 0 Å². The van der Waals surface area contributed by atoms with Gasteiger partial charge in [-0.25, -0.2) is 0 Å². The van der Waals surface area contributed by atoms with Gasteiger partial charge in [0.2, 0.25) is 0 Å². The van der Waals surface area contributed by atoms with Crippen molar-refractivity contribution in [2.75, 3.05) is 6.61 Å². The summed E-state index contributed by atoms with van der Waals surface area (Å²) in [5.74, 6) is 0.490. The van der Waals surface area contributed by atoms with Gasteiger partial charge in [-0.15, -0.1) is 0 Å². The van der Waals surface area contributed by atoms with Crippen LogP contribution in [0.1, 0.15) is 18.9 Å². The second kappa shape index (κ2) is 4.33. The Bertz CT molecular complexity index is 683. The van der Waals surface area contributed by atoms with Crippen LogP contribution in [0.3, 0.4) is 0 Å². The third kappa shape index (κ3) is 1.55. The predicted molar refractivity (Wildman–Crippen MR) is 73.0 cm³/mol. The zero-order valence-electron chi connectivity index (χ0n) is 10.3. The quantitative estimate of drug-likeness (QED) is 0.809. The Labute approximate surface area is 105 Å². The first-order chi connectivity index (χ1) is 8.83. The number of fused-ring (bicyclic) bond motifs is 3. The number of rotatable bonds is 2. The van der Waals surface area contributed by atoms with Gasteiger partial charge in [0, 0.05) is 17.5 Å². The zero-order chi connectivity index (χ0) is 12.5. The Morgan fingerprint density at radius 2 is 2.17 bits per heavy atom. The molecule has 1 aliphatic rings. The van der Waals surface area contributed by atoms with Crippen LogP contribution in [0.4, 0.5) is 0 Å². The molecule has 0 N–H and O–H groups in total. The van der Waals surface area contributed by atoms with E-state index in [-0.39, 0.29) is 5.56 Å². The number of hydrogen-bond acceptors (Lipinski definition) is 2. The summed E-state index contributed by atoms with van der Waals surface area (Å²) in [6.45, 7) is 3.27. The number of aromatic nitrogens is 1. The van der Waals surface area contributed by atoms with Crippen LogP contribution in [0.5, 0.6) is 5.75 Å². The fraction of sp³-hybridized carbons (Fsp3) is 0.267. The van der Waals surface area contributed by atoms with Crippen LogP contribution in [-0.2, 0) is 6.54 Å². The molecule has 0 aliphatic carbocycles. The molecular formula is C15H15NO2. The maximum Gasteiger partial charge on any atom is 0.294 e. The summed E-state index contributed by atoms with van der Waals surface area (Å²) in [5.41, 5.74) is 1.88. The topological polar surface area (TPSA) is 31.2 Å². The van der Waals surface area contributed by atoms with Gasteiger partial charge in [0.15, 0.2) is 5.75 Å². The molecule has 0 unspecified atom stereocenters. The van der Waals surface area contributed by atoms with Crippen molar-refractivity contribution in [1.82, 2.24) is 4.57 Å². The molecule has 1 aromatic heterocycles. The lowest BCUT2D eigenvalue weighted by atomic mass is 10.1. The molecular weight excluding hydrogens is 226 g/mol. The van der Waals surface area contributed by atoms with Gasteiger partial charge >= 0.3 is 0 Å². The van der Waals surface area contributed by atoms with Gasteiger partial charge in [-0.05, 0) is 18.6 Å². The van der Waals surface area contributed by atoms with Crippen molar-refractivity contribution in [3.05, 3.63) is 46.3 Å². The van der Waals surface area contributed by atoms with E-state index < -0.39 is 0 Å². The van der Waals surface area contributed by atoms with Gasteiger partial charge < -0.3 is 9.30 Å². The van der Waals surface area contributed by atoms with Crippen LogP contribution in [0.15, 0.2) is 35.1 Å². The molecule has 92 valence electrons. The monoisotopic (exact) mass is 241 g/mol. The minimum atomic E-state index is -0.0186. The Kier molecular flexibility index (Phi) is 2.67. The van der Waals surface area contributed by atoms with Crippen molar-refractivity contribution in [2.24, 2.45) is 0 Å². The highest BCUT2D eigenvalue weighted by Gasteiger charge is 2.17. The SMILES string of the molecule is CCCn1c(=O)c2c(c3ccccc31)C=CCO2. The van der Waals surface area contributed by atoms with E-state index in [0.717, 1.165) is 29.4 Å². The zero-order valence-corrected chi connectivity index (χ0v) is 10.3. The maximum absolute atomic E-state index is 12.4. The number of pyridine rings is 1. The van der Waals surface area contributed by atoms with Crippen molar-refractivity contribution in [3.8, 4) is 5.75 Å². The molecule has 0 radical (unpaired) electrons. The molecule has 2 aromatic rings. The first-order valence-corrected chi connectivity index (χ1v) is 6.28. The summed E-state index contributed by atoms with van der Waals surface area (Å²) in [4.78, 5) is 12.4. The van der Waals surface area contributed by atoms with Crippen molar-refractivity contribution >= 4 is 17.0 Å². The van der Waals surface area contributed by atoms with Crippen LogP contribution < -0.4 is 10.3 Å². The van der Waals surface area contributed by atoms with Gasteiger partial charge in [0.1, 0.15) is 6.61 Å². The molecule has 3 rings (SSSR count). The average Bonchev–Trinajstić information content (AvgIpc) is 2.43. The van der Waals surface area contributed by atoms with Gasteiger partial charge in [0.25, 0.3) is 5.56 Å². The van der Waals surface area contributed by atoms with Crippen LogP contribution >= 0.6 is 0 Å². The molecule has 3 heteroatoms. The molecule has 0 spiro atoms. The first kappa shape index (κ1) is 11.1. The van der Waals surface area contributed by atoms with Gasteiger partial charge in [0.05, 0.1) is 5.52 Å². The molecule has 0 saturated heterocycles. The lowest BCUT2D eigenvalue weighted by Crippen LogP contribution is -2.24. The summed E-state index contributed by atoms with van der Waals surface area (Å²) in [6.07, 6.45) is 4.86. The molecule has 2 heterocycles. The highest BCUT2D eigenvalue weighted by molar-refractivity contribution is 5.91. The minimum Gasteiger partial charge on any atom is -0.483 e. The lowest BCUT2D eigenvalue weighted by molar-refractivity contribution is 0.350. The highest BCUT2D eigenvalue weighted by atomic mass is 16.5. The molecule has 1 aliphatic heterocycles. The minimum absolute atomic E-state index is 0.0186. The average molecular weight is 241 g/mol. The predicted octanol–water partition coefficient (Wildman–Crippen LogP) is 2.82. The van der Waals surface area contributed by atoms with Crippen molar-refractivity contribution in [1.29, 1.82) is 0 Å². The number of nitrogens with zero attached hydrogens (tertiary/aromatic N) is 1. The highest BCUT2D eigenvalue weighted by Crippen LogP contribution is 2.28. The van der Waals surface area contributed by atoms with E-state index in [9.17, 15) is 4.79 Å². The van der Waals surface area contributed by atoms with Gasteiger partial charge in [-0.1, -0.05) is 31.2 Å². The largest absolute Gasteiger partial charge is 0.483 e. The third-order valence-electron chi connectivity index (χ3n) is 3.22. The normalized spacial score (nSPS) is 13.4. The van der Waals surface area contributed by atoms with E-state index in [0.29, 0.717) is 12.4 Å². The Hall–Kier alpha value is -2.03. The number of ether oxygens (including phenoxy) is 1. The van der Waals surface area contributed by atoms with Crippen molar-refractivity contribution in [3.63, 3.8) is 0 Å². The Morgan fingerprint density at radius 1 is 1.33 bits per heavy atom. The lowest BCUT2D eigenvalue weighted by Gasteiger charge is -2.18. The molecule has 0 amide bonds. The molecule has 1 aromatic carbocycles. The molecule has 0 bridgehead atoms. The van der Waals surface area contributed by atoms with E-state index in [1.54, 1.807) is 0 Å². The van der Waals surface area contributed by atoms with Crippen LogP contribution in [0.2, 0.25) is 0 Å². The second-order valence-corrected chi connectivity index (χ2v) is 4.43. The molecule has 18 heavy (non-hydrogen) atoms. The van der Waals surface area contributed by atoms with Gasteiger partial charge in [-0.2, -0.15) is 0 Å². The number of benzene rings is 1. The number of para-hydroxylation sites is 1. The summed E-state index contributed by atoms with van der Waals surface area (Å²) in [7, 11) is 0. The number of aryl methyl sites for hydroxylation is 1. The van der Waals surface area contributed by atoms with E-state index in [4.69, 9.17) is 4.74 Å². The molecule has 3 nitrogen and oxygen atoms in total. The van der Waals surface area contributed by atoms with Crippen LogP contribution in [0, 0.1) is 0 Å². The third-order valence-corrected chi connectivity index (χ3v) is 3.22. The summed E-state index contributed by atoms with van der Waals surface area (Å²) < 4.78 is 7.34. The standard InChI is InChI=1S/C15H15NO2/c1-2-9-16-13-8-4-3-6-11(13)12-7-5-10-18-14(12)15(16)17/h3-8H,2,9-10H2,1H3. The Balaban J connectivity index is 2.45. The van der Waals surface area contributed by atoms with E-state index in [1.165, 1.54) is 0 Å². The van der Waals surface area contributed by atoms with Crippen LogP contribution in [-0.4, -0.2) is 11.2 Å². The van der Waals surface area contributed by atoms with E-state index in [2.05, 4.69) is 6.92 Å². The van der Waals surface area contributed by atoms with Gasteiger partial charge in [-0.3, -0.25) is 4.79 Å². The molecule has 0 atom stereocenters. The van der Waals surface area contributed by atoms with Crippen molar-refractivity contribution < 1.29 is 4.74 Å². The van der Waals surface area contributed by atoms with Crippen LogP contribution in [0.25, 0.3) is 17.0 Å². The summed E-state index contributed by atoms with van der Waals surface area (Å²) in [6, 6.07) is 7.99. The first-order valence-electron chi connectivity index (χ1n) is 6.28. The Morgan fingerprint density at radius 3 is 3.00 bits per heavy atom. The van der Waals surface area contributed by atoms with Crippen molar-refractivity contribution in [2.45, 2.75) is 19.9 Å². The smallest absolute Gasteiger partial charge is 0.294 e. The number of hydrogen-bond donors (Lipinski definition) is 0. The molecule has 0 fully saturated rings. The summed E-state index contributed by atoms with van der Waals surface area (Å²) >= 11 is 0. The fourth-order valence-electron chi connectivity index (χ4n) is 2.45. The fourth-order valence-corrected chi connectivity index (χ4v) is 2.45. The maximum atomic E-state index is 12.4. The molecule has 0 saturated carbocycles. The second-order valence-electron chi connectivity index (χ2n) is 4.43.